The zero-order valence-electron chi connectivity index (χ0n) is 18.9. The highest BCUT2D eigenvalue weighted by Gasteiger charge is 2.19. The number of hydrogen-bond acceptors (Lipinski definition) is 3. The minimum atomic E-state index is 0.507. The van der Waals surface area contributed by atoms with Crippen LogP contribution in [0.5, 0.6) is 0 Å². The average Bonchev–Trinajstić information content (AvgIpc) is 2.80. The molecule has 0 amide bonds. The topological polar surface area (TPSA) is 27.7 Å². The largest absolute Gasteiger partial charge is 0.382 e. The Kier molecular flexibility index (Phi) is 13.2. The number of ether oxygens (including phenoxy) is 3. The van der Waals surface area contributed by atoms with Gasteiger partial charge in [-0.15, -0.1) is 0 Å². The first-order valence-corrected chi connectivity index (χ1v) is 11.6. The van der Waals surface area contributed by atoms with Gasteiger partial charge in [-0.25, -0.2) is 0 Å². The molecule has 3 heteroatoms. The molecule has 0 heterocycles. The van der Waals surface area contributed by atoms with Gasteiger partial charge in [0.2, 0.25) is 0 Å². The van der Waals surface area contributed by atoms with Crippen LogP contribution in [0, 0.1) is 0 Å². The summed E-state index contributed by atoms with van der Waals surface area (Å²) in [5.41, 5.74) is 2.90. The fourth-order valence-corrected chi connectivity index (χ4v) is 3.97. The van der Waals surface area contributed by atoms with E-state index in [1.165, 1.54) is 43.2 Å². The van der Waals surface area contributed by atoms with Crippen molar-refractivity contribution in [2.75, 3.05) is 40.1 Å². The van der Waals surface area contributed by atoms with Gasteiger partial charge < -0.3 is 14.2 Å². The Hall–Kier alpha value is -1.68. The molecule has 0 aliphatic rings. The molecule has 0 spiro atoms. The van der Waals surface area contributed by atoms with Crippen molar-refractivity contribution in [1.82, 2.24) is 0 Å². The Morgan fingerprint density at radius 2 is 1.17 bits per heavy atom. The van der Waals surface area contributed by atoms with Gasteiger partial charge in [0.15, 0.2) is 0 Å². The summed E-state index contributed by atoms with van der Waals surface area (Å²) in [4.78, 5) is 0. The van der Waals surface area contributed by atoms with Gasteiger partial charge in [0.25, 0.3) is 0 Å². The van der Waals surface area contributed by atoms with Gasteiger partial charge in [-0.1, -0.05) is 86.8 Å². The van der Waals surface area contributed by atoms with Crippen molar-refractivity contribution < 1.29 is 14.2 Å². The molecule has 0 bridgehead atoms. The molecule has 2 unspecified atom stereocenters. The van der Waals surface area contributed by atoms with Crippen molar-refractivity contribution in [2.45, 2.75) is 57.3 Å². The molecule has 3 nitrogen and oxygen atoms in total. The first kappa shape index (κ1) is 24.6. The summed E-state index contributed by atoms with van der Waals surface area (Å²) in [7, 11) is 1.69. The molecule has 0 aliphatic heterocycles. The summed E-state index contributed by atoms with van der Waals surface area (Å²) in [5, 5.41) is 0. The highest BCUT2D eigenvalue weighted by molar-refractivity contribution is 5.23. The third-order valence-electron chi connectivity index (χ3n) is 5.68. The normalized spacial score (nSPS) is 13.3. The molecule has 2 aromatic carbocycles. The molecule has 0 saturated heterocycles. The molecular formula is C27H40O3. The van der Waals surface area contributed by atoms with Crippen LogP contribution in [-0.4, -0.2) is 40.1 Å². The van der Waals surface area contributed by atoms with Crippen LogP contribution in [-0.2, 0) is 14.2 Å². The van der Waals surface area contributed by atoms with Crippen LogP contribution in [0.4, 0.5) is 0 Å². The smallest absolute Gasteiger partial charge is 0.0701 e. The highest BCUT2D eigenvalue weighted by atomic mass is 16.5. The van der Waals surface area contributed by atoms with Gasteiger partial charge in [-0.3, -0.25) is 0 Å². The fourth-order valence-electron chi connectivity index (χ4n) is 3.97. The summed E-state index contributed by atoms with van der Waals surface area (Å²) in [6, 6.07) is 22.0. The minimum absolute atomic E-state index is 0.507. The second-order valence-corrected chi connectivity index (χ2v) is 7.95. The summed E-state index contributed by atoms with van der Waals surface area (Å²) < 4.78 is 16.4. The first-order chi connectivity index (χ1) is 14.8. The molecule has 166 valence electrons. The van der Waals surface area contributed by atoms with E-state index in [1.807, 2.05) is 0 Å². The Labute approximate surface area is 183 Å². The van der Waals surface area contributed by atoms with Gasteiger partial charge in [-0.05, 0) is 42.2 Å². The van der Waals surface area contributed by atoms with Crippen LogP contribution >= 0.6 is 0 Å². The molecule has 0 N–H and O–H groups in total. The molecule has 0 fully saturated rings. The molecule has 0 aliphatic carbocycles. The van der Waals surface area contributed by atoms with E-state index in [1.54, 1.807) is 7.11 Å². The predicted molar refractivity (Wildman–Crippen MR) is 125 cm³/mol. The second-order valence-electron chi connectivity index (χ2n) is 7.95. The van der Waals surface area contributed by atoms with Crippen LogP contribution in [0.15, 0.2) is 60.7 Å². The van der Waals surface area contributed by atoms with Crippen LogP contribution in [0.25, 0.3) is 0 Å². The van der Waals surface area contributed by atoms with E-state index in [9.17, 15) is 0 Å². The summed E-state index contributed by atoms with van der Waals surface area (Å²) in [6.07, 6.45) is 7.35. The summed E-state index contributed by atoms with van der Waals surface area (Å²) in [5.74, 6) is 1.10. The second kappa shape index (κ2) is 16.1. The standard InChI is InChI=1S/C27H40O3/c1-3-4-7-16-26(24-12-8-5-9-13-24)23-27(25-14-10-6-11-15-25)17-18-29-21-22-30-20-19-28-2/h5-6,8-15,26-27H,3-4,7,16-23H2,1-2H3. The number of rotatable bonds is 17. The van der Waals surface area contributed by atoms with Gasteiger partial charge >= 0.3 is 0 Å². The third kappa shape index (κ3) is 9.88. The Morgan fingerprint density at radius 1 is 0.633 bits per heavy atom. The maximum atomic E-state index is 5.89. The zero-order valence-corrected chi connectivity index (χ0v) is 18.9. The van der Waals surface area contributed by atoms with E-state index >= 15 is 0 Å². The molecule has 2 atom stereocenters. The molecule has 0 radical (unpaired) electrons. The Morgan fingerprint density at radius 3 is 1.73 bits per heavy atom. The molecule has 0 saturated carbocycles. The monoisotopic (exact) mass is 412 g/mol. The van der Waals surface area contributed by atoms with E-state index in [-0.39, 0.29) is 0 Å². The van der Waals surface area contributed by atoms with Crippen molar-refractivity contribution in [3.8, 4) is 0 Å². The lowest BCUT2D eigenvalue weighted by atomic mass is 9.81. The zero-order chi connectivity index (χ0) is 21.3. The minimum Gasteiger partial charge on any atom is -0.382 e. The molecule has 0 aromatic heterocycles. The van der Waals surface area contributed by atoms with Crippen molar-refractivity contribution in [3.05, 3.63) is 71.8 Å². The van der Waals surface area contributed by atoms with Crippen LogP contribution in [0.3, 0.4) is 0 Å². The van der Waals surface area contributed by atoms with E-state index in [2.05, 4.69) is 67.6 Å². The maximum Gasteiger partial charge on any atom is 0.0701 e. The van der Waals surface area contributed by atoms with Crippen molar-refractivity contribution in [2.24, 2.45) is 0 Å². The van der Waals surface area contributed by atoms with Gasteiger partial charge in [-0.2, -0.15) is 0 Å². The lowest BCUT2D eigenvalue weighted by molar-refractivity contribution is 0.0230. The summed E-state index contributed by atoms with van der Waals surface area (Å²) in [6.45, 7) is 5.58. The SMILES string of the molecule is CCCCCC(CC(CCOCCOCCOC)c1ccccc1)c1ccccc1. The predicted octanol–water partition coefficient (Wildman–Crippen LogP) is 6.59. The molecule has 30 heavy (non-hydrogen) atoms. The van der Waals surface area contributed by atoms with Gasteiger partial charge in [0.1, 0.15) is 0 Å². The van der Waals surface area contributed by atoms with Crippen molar-refractivity contribution >= 4 is 0 Å². The molecule has 2 aromatic rings. The number of benzene rings is 2. The number of unbranched alkanes of at least 4 members (excludes halogenated alkanes) is 2. The average molecular weight is 413 g/mol. The van der Waals surface area contributed by atoms with Crippen LogP contribution in [0.1, 0.15) is 68.4 Å². The molecule has 2 rings (SSSR count). The fraction of sp³-hybridized carbons (Fsp3) is 0.556. The van der Waals surface area contributed by atoms with E-state index in [0.29, 0.717) is 38.3 Å². The van der Waals surface area contributed by atoms with Gasteiger partial charge in [0, 0.05) is 13.7 Å². The highest BCUT2D eigenvalue weighted by Crippen LogP contribution is 2.35. The van der Waals surface area contributed by atoms with E-state index < -0.39 is 0 Å². The maximum absolute atomic E-state index is 5.89. The Bertz CT molecular complexity index is 629. The van der Waals surface area contributed by atoms with Crippen LogP contribution in [0.2, 0.25) is 0 Å². The Balaban J connectivity index is 1.93. The van der Waals surface area contributed by atoms with Crippen molar-refractivity contribution in [3.63, 3.8) is 0 Å². The lowest BCUT2D eigenvalue weighted by Crippen LogP contribution is -2.12. The first-order valence-electron chi connectivity index (χ1n) is 11.6. The number of methoxy groups -OCH3 is 1. The van der Waals surface area contributed by atoms with E-state index in [0.717, 1.165) is 13.0 Å². The van der Waals surface area contributed by atoms with Gasteiger partial charge in [0.05, 0.1) is 26.4 Å². The quantitative estimate of drug-likeness (QED) is 0.274. The third-order valence-corrected chi connectivity index (χ3v) is 5.68. The van der Waals surface area contributed by atoms with Crippen LogP contribution < -0.4 is 0 Å². The lowest BCUT2D eigenvalue weighted by Gasteiger charge is -2.25. The summed E-state index contributed by atoms with van der Waals surface area (Å²) >= 11 is 0. The molecular weight excluding hydrogens is 372 g/mol. The van der Waals surface area contributed by atoms with E-state index in [4.69, 9.17) is 14.2 Å². The van der Waals surface area contributed by atoms with Crippen molar-refractivity contribution in [1.29, 1.82) is 0 Å². The number of hydrogen-bond donors (Lipinski definition) is 0.